The van der Waals surface area contributed by atoms with Crippen molar-refractivity contribution in [3.63, 3.8) is 0 Å². The molecule has 1 N–H and O–H groups in total. The highest BCUT2D eigenvalue weighted by molar-refractivity contribution is 5.31. The third-order valence-electron chi connectivity index (χ3n) is 1.85. The molecule has 0 fully saturated rings. The topological polar surface area (TPSA) is 37.9 Å². The molecule has 3 nitrogen and oxygen atoms in total. The van der Waals surface area contributed by atoms with Gasteiger partial charge in [-0.05, 0) is 18.2 Å². The summed E-state index contributed by atoms with van der Waals surface area (Å²) in [7, 11) is 0. The minimum absolute atomic E-state index is 0.0878. The summed E-state index contributed by atoms with van der Waals surface area (Å²) in [6, 6.07) is 4.76. The zero-order chi connectivity index (χ0) is 11.6. The number of H-pyrrole nitrogens is 1. The Kier molecular flexibility index (Phi) is 2.55. The molecule has 0 saturated heterocycles. The van der Waals surface area contributed by atoms with Crippen molar-refractivity contribution in [2.24, 2.45) is 0 Å². The first-order valence-corrected chi connectivity index (χ1v) is 4.40. The van der Waals surface area contributed by atoms with E-state index < -0.39 is 11.7 Å². The van der Waals surface area contributed by atoms with E-state index in [0.717, 1.165) is 12.1 Å². The van der Waals surface area contributed by atoms with Crippen molar-refractivity contribution in [2.75, 3.05) is 0 Å². The predicted molar refractivity (Wildman–Crippen MR) is 50.1 cm³/mol. The van der Waals surface area contributed by atoms with Crippen LogP contribution in [0.1, 0.15) is 5.56 Å². The van der Waals surface area contributed by atoms with Crippen molar-refractivity contribution in [2.45, 2.75) is 6.18 Å². The lowest BCUT2D eigenvalue weighted by Crippen LogP contribution is -2.04. The van der Waals surface area contributed by atoms with Gasteiger partial charge in [-0.2, -0.15) is 13.2 Å². The first-order valence-electron chi connectivity index (χ1n) is 4.40. The van der Waals surface area contributed by atoms with Crippen LogP contribution in [0, 0.1) is 0 Å². The van der Waals surface area contributed by atoms with Crippen molar-refractivity contribution in [1.29, 1.82) is 0 Å². The van der Waals surface area contributed by atoms with Crippen LogP contribution in [0.2, 0.25) is 0 Å². The standard InChI is InChI=1S/C10H7F3N2O/c11-10(12,13)7-2-1-3-8(6-7)16-9-14-4-5-15-9/h1-6H,(H,14,15). The van der Waals surface area contributed by atoms with E-state index in [1.807, 2.05) is 0 Å². The van der Waals surface area contributed by atoms with Crippen LogP contribution in [0.15, 0.2) is 36.7 Å². The Bertz CT molecular complexity index is 465. The molecule has 2 rings (SSSR count). The number of ether oxygens (including phenoxy) is 1. The molecule has 1 aromatic carbocycles. The quantitative estimate of drug-likeness (QED) is 0.856. The van der Waals surface area contributed by atoms with Gasteiger partial charge in [0.15, 0.2) is 0 Å². The summed E-state index contributed by atoms with van der Waals surface area (Å²) in [5.74, 6) is 0.0878. The average molecular weight is 228 g/mol. The first kappa shape index (κ1) is 10.5. The zero-order valence-corrected chi connectivity index (χ0v) is 7.95. The second kappa shape index (κ2) is 3.88. The van der Waals surface area contributed by atoms with Gasteiger partial charge in [-0.25, -0.2) is 4.98 Å². The molecule has 16 heavy (non-hydrogen) atoms. The molecule has 84 valence electrons. The fourth-order valence-corrected chi connectivity index (χ4v) is 1.15. The highest BCUT2D eigenvalue weighted by Gasteiger charge is 2.30. The Morgan fingerprint density at radius 2 is 2.06 bits per heavy atom. The molecule has 0 aliphatic carbocycles. The van der Waals surface area contributed by atoms with E-state index in [-0.39, 0.29) is 11.8 Å². The minimum Gasteiger partial charge on any atom is -0.426 e. The van der Waals surface area contributed by atoms with E-state index >= 15 is 0 Å². The van der Waals surface area contributed by atoms with E-state index in [9.17, 15) is 13.2 Å². The van der Waals surface area contributed by atoms with Gasteiger partial charge in [0, 0.05) is 12.4 Å². The number of nitrogens with one attached hydrogen (secondary N) is 1. The Labute approximate surface area is 88.9 Å². The molecular weight excluding hydrogens is 221 g/mol. The summed E-state index contributed by atoms with van der Waals surface area (Å²) < 4.78 is 42.2. The van der Waals surface area contributed by atoms with Gasteiger partial charge in [0.2, 0.25) is 0 Å². The fraction of sp³-hybridized carbons (Fsp3) is 0.100. The van der Waals surface area contributed by atoms with E-state index in [1.165, 1.54) is 24.5 Å². The van der Waals surface area contributed by atoms with Crippen LogP contribution < -0.4 is 4.74 Å². The Balaban J connectivity index is 2.23. The Morgan fingerprint density at radius 3 is 2.69 bits per heavy atom. The fourth-order valence-electron chi connectivity index (χ4n) is 1.15. The highest BCUT2D eigenvalue weighted by atomic mass is 19.4. The molecule has 0 radical (unpaired) electrons. The molecule has 0 spiro atoms. The largest absolute Gasteiger partial charge is 0.426 e. The number of nitrogens with zero attached hydrogens (tertiary/aromatic N) is 1. The molecule has 0 bridgehead atoms. The van der Waals surface area contributed by atoms with Crippen LogP contribution in [0.25, 0.3) is 0 Å². The smallest absolute Gasteiger partial charge is 0.416 e. The summed E-state index contributed by atoms with van der Waals surface area (Å²) in [5, 5.41) is 0. The van der Waals surface area contributed by atoms with Gasteiger partial charge in [-0.3, -0.25) is 0 Å². The molecule has 1 heterocycles. The second-order valence-corrected chi connectivity index (χ2v) is 3.02. The maximum Gasteiger partial charge on any atom is 0.416 e. The number of aromatic amines is 1. The number of halogens is 3. The van der Waals surface area contributed by atoms with Crippen molar-refractivity contribution >= 4 is 0 Å². The molecular formula is C10H7F3N2O. The number of alkyl halides is 3. The van der Waals surface area contributed by atoms with E-state index in [2.05, 4.69) is 9.97 Å². The van der Waals surface area contributed by atoms with Crippen molar-refractivity contribution < 1.29 is 17.9 Å². The van der Waals surface area contributed by atoms with Gasteiger partial charge in [0.25, 0.3) is 6.01 Å². The number of hydrogen-bond donors (Lipinski definition) is 1. The molecule has 0 saturated carbocycles. The van der Waals surface area contributed by atoms with Gasteiger partial charge in [-0.1, -0.05) is 6.07 Å². The predicted octanol–water partition coefficient (Wildman–Crippen LogP) is 3.22. The van der Waals surface area contributed by atoms with E-state index in [4.69, 9.17) is 4.74 Å². The van der Waals surface area contributed by atoms with Crippen LogP contribution in [0.5, 0.6) is 11.8 Å². The Morgan fingerprint density at radius 1 is 1.25 bits per heavy atom. The molecule has 0 amide bonds. The molecule has 2 aromatic rings. The lowest BCUT2D eigenvalue weighted by molar-refractivity contribution is -0.137. The number of hydrogen-bond acceptors (Lipinski definition) is 2. The van der Waals surface area contributed by atoms with Gasteiger partial charge in [0.1, 0.15) is 5.75 Å². The first-order chi connectivity index (χ1) is 7.55. The third-order valence-corrected chi connectivity index (χ3v) is 1.85. The Hall–Kier alpha value is -1.98. The third kappa shape index (κ3) is 2.33. The van der Waals surface area contributed by atoms with Crippen molar-refractivity contribution in [3.8, 4) is 11.8 Å². The summed E-state index contributed by atoms with van der Waals surface area (Å²) >= 11 is 0. The maximum atomic E-state index is 12.4. The number of imidazole rings is 1. The van der Waals surface area contributed by atoms with Crippen LogP contribution in [0.4, 0.5) is 13.2 Å². The molecule has 0 aliphatic heterocycles. The second-order valence-electron chi connectivity index (χ2n) is 3.02. The van der Waals surface area contributed by atoms with Crippen LogP contribution in [-0.4, -0.2) is 9.97 Å². The van der Waals surface area contributed by atoms with Gasteiger partial charge in [-0.15, -0.1) is 0 Å². The summed E-state index contributed by atoms with van der Waals surface area (Å²) in [5.41, 5.74) is -0.753. The average Bonchev–Trinajstić information content (AvgIpc) is 2.70. The highest BCUT2D eigenvalue weighted by Crippen LogP contribution is 2.32. The summed E-state index contributed by atoms with van der Waals surface area (Å²) in [6.45, 7) is 0. The van der Waals surface area contributed by atoms with Crippen LogP contribution >= 0.6 is 0 Å². The van der Waals surface area contributed by atoms with Crippen LogP contribution in [-0.2, 0) is 6.18 Å². The molecule has 1 aromatic heterocycles. The minimum atomic E-state index is -4.37. The van der Waals surface area contributed by atoms with Crippen LogP contribution in [0.3, 0.4) is 0 Å². The summed E-state index contributed by atoms with van der Waals surface area (Å²) in [6.07, 6.45) is -1.41. The maximum absolute atomic E-state index is 12.4. The SMILES string of the molecule is FC(F)(F)c1cccc(Oc2ncc[nH]2)c1. The zero-order valence-electron chi connectivity index (χ0n) is 7.95. The number of benzene rings is 1. The van der Waals surface area contributed by atoms with Crippen molar-refractivity contribution in [3.05, 3.63) is 42.2 Å². The molecule has 0 unspecified atom stereocenters. The molecule has 0 aliphatic rings. The monoisotopic (exact) mass is 228 g/mol. The molecule has 6 heteroatoms. The number of rotatable bonds is 2. The lowest BCUT2D eigenvalue weighted by atomic mass is 10.2. The van der Waals surface area contributed by atoms with E-state index in [1.54, 1.807) is 0 Å². The summed E-state index contributed by atoms with van der Waals surface area (Å²) in [4.78, 5) is 6.37. The van der Waals surface area contributed by atoms with Gasteiger partial charge in [0.05, 0.1) is 5.56 Å². The van der Waals surface area contributed by atoms with Crippen molar-refractivity contribution in [1.82, 2.24) is 9.97 Å². The molecule has 0 atom stereocenters. The van der Waals surface area contributed by atoms with E-state index in [0.29, 0.717) is 0 Å². The number of aromatic nitrogens is 2. The normalized spacial score (nSPS) is 11.4. The van der Waals surface area contributed by atoms with Gasteiger partial charge >= 0.3 is 6.18 Å². The van der Waals surface area contributed by atoms with Gasteiger partial charge < -0.3 is 9.72 Å². The lowest BCUT2D eigenvalue weighted by Gasteiger charge is -2.08.